The Kier molecular flexibility index (Phi) is 12.3. The Hall–Kier alpha value is 0.950. The number of hydrogen-bond acceptors (Lipinski definition) is 1. The number of aliphatic hydroxyl groups excluding tert-OH is 1. The number of halogens is 1. The normalized spacial score (nSPS) is 12.4. The summed E-state index contributed by atoms with van der Waals surface area (Å²) in [6.45, 7) is 6.19. The third-order valence-electron chi connectivity index (χ3n) is 1.61. The van der Waals surface area contributed by atoms with Crippen LogP contribution in [0.4, 0.5) is 0 Å². The molecule has 4 heteroatoms. The average molecular weight is 191 g/mol. The van der Waals surface area contributed by atoms with Gasteiger partial charge in [0.1, 0.15) is 0 Å². The monoisotopic (exact) mass is 190 g/mol. The van der Waals surface area contributed by atoms with Crippen LogP contribution in [0.15, 0.2) is 12.7 Å². The molecule has 0 aromatic rings. The van der Waals surface area contributed by atoms with E-state index in [0.29, 0.717) is 4.48 Å². The number of rotatable bonds is 3. The molecule has 0 aliphatic carbocycles. The van der Waals surface area contributed by atoms with E-state index in [4.69, 9.17) is 5.11 Å². The molecule has 64 valence electrons. The van der Waals surface area contributed by atoms with Gasteiger partial charge in [-0.3, -0.25) is 0 Å². The number of likely N-dealkylation sites (N-methyl/N-ethyl adjacent to an activating group) is 1. The second-order valence-electron chi connectivity index (χ2n) is 2.88. The van der Waals surface area contributed by atoms with Gasteiger partial charge in [-0.15, -0.1) is 12.4 Å². The molecule has 2 nitrogen and oxygen atoms in total. The maximum absolute atomic E-state index is 9.14. The number of nitrogens with zero attached hydrogens (tertiary/aromatic N) is 1. The van der Waals surface area contributed by atoms with Gasteiger partial charge >= 0.3 is 29.6 Å². The maximum atomic E-state index is 9.14. The van der Waals surface area contributed by atoms with Crippen molar-refractivity contribution in [2.45, 2.75) is 13.2 Å². The molecular formula is C7H18ClNNaO+. The third kappa shape index (κ3) is 7.32. The summed E-state index contributed by atoms with van der Waals surface area (Å²) >= 11 is 0. The Balaban J connectivity index is -0.000000320. The number of quaternary nitrogens is 1. The summed E-state index contributed by atoms with van der Waals surface area (Å²) in [5, 5.41) is 9.14. The van der Waals surface area contributed by atoms with Crippen LogP contribution in [-0.2, 0) is 0 Å². The Labute approximate surface area is 97.6 Å². The van der Waals surface area contributed by atoms with Crippen LogP contribution in [0.5, 0.6) is 0 Å². The van der Waals surface area contributed by atoms with Gasteiger partial charge in [0, 0.05) is 6.92 Å². The zero-order chi connectivity index (χ0) is 7.49. The Bertz CT molecular complexity index is 107. The van der Waals surface area contributed by atoms with Crippen LogP contribution in [0.2, 0.25) is 0 Å². The van der Waals surface area contributed by atoms with Crippen molar-refractivity contribution in [3.63, 3.8) is 0 Å². The van der Waals surface area contributed by atoms with E-state index in [9.17, 15) is 0 Å². The summed E-state index contributed by atoms with van der Waals surface area (Å²) in [5.41, 5.74) is 0. The van der Waals surface area contributed by atoms with Crippen LogP contribution in [0.25, 0.3) is 0 Å². The zero-order valence-corrected chi connectivity index (χ0v) is 7.69. The molecule has 0 amide bonds. The van der Waals surface area contributed by atoms with Gasteiger partial charge in [-0.2, -0.15) is 0 Å². The second-order valence-corrected chi connectivity index (χ2v) is 2.88. The summed E-state index contributed by atoms with van der Waals surface area (Å²) in [7, 11) is 3.93. The molecule has 0 spiro atoms. The molecule has 0 radical (unpaired) electrons. The van der Waals surface area contributed by atoms with Gasteiger partial charge in [0.25, 0.3) is 0 Å². The minimum atomic E-state index is -0.317. The summed E-state index contributed by atoms with van der Waals surface area (Å²) in [5.74, 6) is 0. The molecule has 0 saturated heterocycles. The average Bonchev–Trinajstić information content (AvgIpc) is 1.65. The second kappa shape index (κ2) is 7.59. The first-order chi connectivity index (χ1) is 4.00. The molecule has 0 aromatic heterocycles. The number of aliphatic hydroxyl groups is 1. The molecule has 0 rings (SSSR count). The van der Waals surface area contributed by atoms with Crippen molar-refractivity contribution in [3.05, 3.63) is 12.7 Å². The van der Waals surface area contributed by atoms with E-state index in [2.05, 4.69) is 6.58 Å². The molecule has 1 atom stereocenters. The molecule has 0 bridgehead atoms. The number of hydrogen-bond donors (Lipinski definition) is 1. The van der Waals surface area contributed by atoms with Crippen molar-refractivity contribution >= 4 is 42.0 Å². The van der Waals surface area contributed by atoms with Gasteiger partial charge in [-0.1, -0.05) is 6.58 Å². The van der Waals surface area contributed by atoms with Gasteiger partial charge in [0.2, 0.25) is 0 Å². The van der Waals surface area contributed by atoms with Crippen LogP contribution < -0.4 is 0 Å². The van der Waals surface area contributed by atoms with Gasteiger partial charge in [0.05, 0.1) is 20.6 Å². The van der Waals surface area contributed by atoms with Crippen LogP contribution in [0, 0.1) is 0 Å². The van der Waals surface area contributed by atoms with E-state index in [1.165, 1.54) is 0 Å². The topological polar surface area (TPSA) is 20.2 Å². The standard InChI is InChI=1S/C7H16NO.ClH.Na.H/c1-5-6-8(3,4)7(2)9;;;/h5,7,9H,1,6H2,2-4H3;1H;;/q+1;;;. The molecule has 0 heterocycles. The molecule has 0 aromatic carbocycles. The summed E-state index contributed by atoms with van der Waals surface area (Å²) in [6, 6.07) is 0. The fourth-order valence-electron chi connectivity index (χ4n) is 0.485. The first-order valence-electron chi connectivity index (χ1n) is 3.12. The molecule has 1 unspecified atom stereocenters. The fourth-order valence-corrected chi connectivity index (χ4v) is 0.485. The van der Waals surface area contributed by atoms with Crippen LogP contribution in [0.3, 0.4) is 0 Å². The van der Waals surface area contributed by atoms with Crippen LogP contribution in [-0.4, -0.2) is 66.0 Å². The summed E-state index contributed by atoms with van der Waals surface area (Å²) < 4.78 is 0.587. The van der Waals surface area contributed by atoms with E-state index < -0.39 is 0 Å². The third-order valence-corrected chi connectivity index (χ3v) is 1.61. The van der Waals surface area contributed by atoms with Crippen LogP contribution >= 0.6 is 12.4 Å². The van der Waals surface area contributed by atoms with E-state index in [1.807, 2.05) is 20.2 Å². The predicted octanol–water partition coefficient (Wildman–Crippen LogP) is 0.360. The molecule has 0 saturated carbocycles. The van der Waals surface area contributed by atoms with Gasteiger partial charge < -0.3 is 9.59 Å². The minimum absolute atomic E-state index is 0. The van der Waals surface area contributed by atoms with Crippen molar-refractivity contribution in [3.8, 4) is 0 Å². The first-order valence-corrected chi connectivity index (χ1v) is 3.12. The van der Waals surface area contributed by atoms with Crippen molar-refractivity contribution in [1.29, 1.82) is 0 Å². The first kappa shape index (κ1) is 17.9. The fraction of sp³-hybridized carbons (Fsp3) is 0.714. The molecule has 0 aliphatic heterocycles. The predicted molar refractivity (Wildman–Crippen MR) is 53.3 cm³/mol. The Morgan fingerprint density at radius 1 is 1.55 bits per heavy atom. The van der Waals surface area contributed by atoms with E-state index in [1.54, 1.807) is 6.92 Å². The van der Waals surface area contributed by atoms with Gasteiger partial charge in [-0.05, 0) is 6.08 Å². The molecule has 1 N–H and O–H groups in total. The SMILES string of the molecule is C=CC[N+](C)(C)C(C)O.Cl.[NaH]. The summed E-state index contributed by atoms with van der Waals surface area (Å²) in [6.07, 6.45) is 1.50. The molecule has 0 aliphatic rings. The van der Waals surface area contributed by atoms with Gasteiger partial charge in [-0.25, -0.2) is 0 Å². The van der Waals surface area contributed by atoms with Crippen molar-refractivity contribution < 1.29 is 9.59 Å². The van der Waals surface area contributed by atoms with Gasteiger partial charge in [0.15, 0.2) is 6.23 Å². The van der Waals surface area contributed by atoms with E-state index in [0.717, 1.165) is 6.54 Å². The Morgan fingerprint density at radius 3 is 2.00 bits per heavy atom. The molecular weight excluding hydrogens is 173 g/mol. The zero-order valence-electron chi connectivity index (χ0n) is 6.87. The van der Waals surface area contributed by atoms with Crippen LogP contribution in [0.1, 0.15) is 6.92 Å². The van der Waals surface area contributed by atoms with Crippen molar-refractivity contribution in [1.82, 2.24) is 0 Å². The van der Waals surface area contributed by atoms with Crippen molar-refractivity contribution in [2.75, 3.05) is 20.6 Å². The Morgan fingerprint density at radius 2 is 1.91 bits per heavy atom. The molecule has 0 fully saturated rings. The van der Waals surface area contributed by atoms with E-state index in [-0.39, 0.29) is 48.2 Å². The molecule has 11 heavy (non-hydrogen) atoms. The quantitative estimate of drug-likeness (QED) is 0.295. The van der Waals surface area contributed by atoms with Crippen molar-refractivity contribution in [2.24, 2.45) is 0 Å². The summed E-state index contributed by atoms with van der Waals surface area (Å²) in [4.78, 5) is 0. The van der Waals surface area contributed by atoms with E-state index >= 15 is 0 Å².